The monoisotopic (exact) mass is 292 g/mol. The third-order valence-corrected chi connectivity index (χ3v) is 3.14. The summed E-state index contributed by atoms with van der Waals surface area (Å²) in [5.41, 5.74) is 0.482. The van der Waals surface area contributed by atoms with Crippen molar-refractivity contribution in [2.24, 2.45) is 0 Å². The van der Waals surface area contributed by atoms with Gasteiger partial charge in [-0.15, -0.1) is 0 Å². The summed E-state index contributed by atoms with van der Waals surface area (Å²) >= 11 is 0. The van der Waals surface area contributed by atoms with Crippen molar-refractivity contribution >= 4 is 17.6 Å². The van der Waals surface area contributed by atoms with Crippen molar-refractivity contribution in [2.45, 2.75) is 6.92 Å². The van der Waals surface area contributed by atoms with Crippen LogP contribution in [0, 0.1) is 0 Å². The van der Waals surface area contributed by atoms with Gasteiger partial charge in [-0.3, -0.25) is 14.5 Å². The number of nitrogens with one attached hydrogen (secondary N) is 2. The van der Waals surface area contributed by atoms with Gasteiger partial charge in [-0.05, 0) is 12.1 Å². The lowest BCUT2D eigenvalue weighted by Crippen LogP contribution is -2.41. The smallest absolute Gasteiger partial charge is 0.251 e. The van der Waals surface area contributed by atoms with Crippen LogP contribution in [0.5, 0.6) is 0 Å². The van der Waals surface area contributed by atoms with Gasteiger partial charge in [-0.1, -0.05) is 0 Å². The molecule has 1 aliphatic heterocycles. The van der Waals surface area contributed by atoms with E-state index in [1.807, 2.05) is 0 Å². The number of ether oxygens (including phenoxy) is 1. The fourth-order valence-corrected chi connectivity index (χ4v) is 2.07. The summed E-state index contributed by atoms with van der Waals surface area (Å²) in [7, 11) is 0. The number of amides is 2. The first-order chi connectivity index (χ1) is 10.1. The number of carbonyl (C=O) groups is 2. The molecule has 7 nitrogen and oxygen atoms in total. The van der Waals surface area contributed by atoms with Crippen molar-refractivity contribution in [1.82, 2.24) is 15.2 Å². The van der Waals surface area contributed by atoms with Gasteiger partial charge in [-0.2, -0.15) is 0 Å². The zero-order valence-corrected chi connectivity index (χ0v) is 12.1. The Labute approximate surface area is 123 Å². The van der Waals surface area contributed by atoms with Crippen molar-refractivity contribution in [1.29, 1.82) is 0 Å². The molecule has 21 heavy (non-hydrogen) atoms. The largest absolute Gasteiger partial charge is 0.379 e. The molecule has 0 spiro atoms. The van der Waals surface area contributed by atoms with Gasteiger partial charge in [0, 0.05) is 44.9 Å². The van der Waals surface area contributed by atoms with Crippen LogP contribution in [0.25, 0.3) is 0 Å². The molecule has 1 aliphatic rings. The Morgan fingerprint density at radius 3 is 2.86 bits per heavy atom. The van der Waals surface area contributed by atoms with Crippen LogP contribution in [0.15, 0.2) is 18.3 Å². The topological polar surface area (TPSA) is 83.6 Å². The third-order valence-electron chi connectivity index (χ3n) is 3.14. The summed E-state index contributed by atoms with van der Waals surface area (Å²) in [5.74, 6) is -0.00651. The number of anilines is 1. The van der Waals surface area contributed by atoms with Crippen LogP contribution in [0.4, 0.5) is 5.82 Å². The molecular weight excluding hydrogens is 272 g/mol. The van der Waals surface area contributed by atoms with Gasteiger partial charge >= 0.3 is 0 Å². The fraction of sp³-hybridized carbons (Fsp3) is 0.500. The maximum atomic E-state index is 12.0. The molecule has 0 radical (unpaired) electrons. The Morgan fingerprint density at radius 1 is 1.38 bits per heavy atom. The van der Waals surface area contributed by atoms with E-state index in [9.17, 15) is 9.59 Å². The first-order valence-electron chi connectivity index (χ1n) is 6.97. The summed E-state index contributed by atoms with van der Waals surface area (Å²) in [6.45, 7) is 6.08. The zero-order chi connectivity index (χ0) is 15.1. The predicted molar refractivity (Wildman–Crippen MR) is 78.1 cm³/mol. The Kier molecular flexibility index (Phi) is 5.65. The molecule has 0 atom stereocenters. The molecule has 0 bridgehead atoms. The fourth-order valence-electron chi connectivity index (χ4n) is 2.07. The van der Waals surface area contributed by atoms with Crippen LogP contribution < -0.4 is 10.6 Å². The van der Waals surface area contributed by atoms with Crippen LogP contribution in [0.3, 0.4) is 0 Å². The second kappa shape index (κ2) is 7.70. The predicted octanol–water partition coefficient (Wildman–Crippen LogP) is 0.102. The number of hydrogen-bond acceptors (Lipinski definition) is 5. The number of hydrogen-bond donors (Lipinski definition) is 2. The van der Waals surface area contributed by atoms with Crippen molar-refractivity contribution in [3.63, 3.8) is 0 Å². The molecule has 1 aromatic rings. The van der Waals surface area contributed by atoms with Crippen LogP contribution in [-0.4, -0.2) is 61.1 Å². The van der Waals surface area contributed by atoms with Crippen LogP contribution in [-0.2, 0) is 9.53 Å². The van der Waals surface area contributed by atoms with Gasteiger partial charge in [-0.25, -0.2) is 4.98 Å². The number of nitrogens with zero attached hydrogens (tertiary/aromatic N) is 2. The molecule has 2 N–H and O–H groups in total. The third kappa shape index (κ3) is 5.13. The number of pyridine rings is 1. The quantitative estimate of drug-likeness (QED) is 0.804. The van der Waals surface area contributed by atoms with Crippen LogP contribution >= 0.6 is 0 Å². The minimum absolute atomic E-state index is 0.169. The number of rotatable bonds is 5. The molecule has 114 valence electrons. The Balaban J connectivity index is 1.80. The second-order valence-corrected chi connectivity index (χ2v) is 4.82. The van der Waals surface area contributed by atoms with Crippen molar-refractivity contribution in [3.05, 3.63) is 23.9 Å². The van der Waals surface area contributed by atoms with Crippen LogP contribution in [0.2, 0.25) is 0 Å². The highest BCUT2D eigenvalue weighted by Gasteiger charge is 2.11. The van der Waals surface area contributed by atoms with Crippen molar-refractivity contribution in [2.75, 3.05) is 44.7 Å². The summed E-state index contributed by atoms with van der Waals surface area (Å²) in [6.07, 6.45) is 1.50. The van der Waals surface area contributed by atoms with E-state index in [0.29, 0.717) is 17.9 Å². The first-order valence-corrected chi connectivity index (χ1v) is 6.97. The highest BCUT2D eigenvalue weighted by molar-refractivity contribution is 5.96. The van der Waals surface area contributed by atoms with Crippen molar-refractivity contribution in [3.8, 4) is 0 Å². The molecule has 0 aliphatic carbocycles. The standard InChI is InChI=1S/C14H20N4O3/c1-11(19)17-13-10-12(2-3-15-13)14(20)16-4-5-18-6-8-21-9-7-18/h2-3,10H,4-9H2,1H3,(H,16,20)(H,15,17,19). The molecule has 1 aromatic heterocycles. The van der Waals surface area contributed by atoms with Gasteiger partial charge in [0.05, 0.1) is 13.2 Å². The lowest BCUT2D eigenvalue weighted by Gasteiger charge is -2.26. The molecule has 1 fully saturated rings. The molecule has 0 aromatic carbocycles. The Hall–Kier alpha value is -1.99. The van der Waals surface area contributed by atoms with Crippen LogP contribution in [0.1, 0.15) is 17.3 Å². The average molecular weight is 292 g/mol. The zero-order valence-electron chi connectivity index (χ0n) is 12.1. The summed E-state index contributed by atoms with van der Waals surface area (Å²) < 4.78 is 5.27. The van der Waals surface area contributed by atoms with E-state index in [2.05, 4.69) is 20.5 Å². The summed E-state index contributed by atoms with van der Waals surface area (Å²) in [5, 5.41) is 5.42. The summed E-state index contributed by atoms with van der Waals surface area (Å²) in [6, 6.07) is 3.18. The van der Waals surface area contributed by atoms with Gasteiger partial charge in [0.2, 0.25) is 5.91 Å². The van der Waals surface area contributed by atoms with E-state index in [0.717, 1.165) is 32.8 Å². The Morgan fingerprint density at radius 2 is 2.14 bits per heavy atom. The van der Waals surface area contributed by atoms with E-state index < -0.39 is 0 Å². The van der Waals surface area contributed by atoms with Crippen molar-refractivity contribution < 1.29 is 14.3 Å². The number of aromatic nitrogens is 1. The van der Waals surface area contributed by atoms with E-state index in [1.54, 1.807) is 12.1 Å². The summed E-state index contributed by atoms with van der Waals surface area (Å²) in [4.78, 5) is 29.2. The lowest BCUT2D eigenvalue weighted by molar-refractivity contribution is -0.114. The second-order valence-electron chi connectivity index (χ2n) is 4.82. The lowest BCUT2D eigenvalue weighted by atomic mass is 10.2. The van der Waals surface area contributed by atoms with E-state index >= 15 is 0 Å². The maximum Gasteiger partial charge on any atom is 0.251 e. The molecular formula is C14H20N4O3. The normalized spacial score (nSPS) is 15.5. The molecule has 2 rings (SSSR count). The highest BCUT2D eigenvalue weighted by atomic mass is 16.5. The van der Waals surface area contributed by atoms with Gasteiger partial charge in [0.15, 0.2) is 0 Å². The molecule has 1 saturated heterocycles. The SMILES string of the molecule is CC(=O)Nc1cc(C(=O)NCCN2CCOCC2)ccn1. The first kappa shape index (κ1) is 15.4. The minimum Gasteiger partial charge on any atom is -0.379 e. The van der Waals surface area contributed by atoms with Gasteiger partial charge in [0.1, 0.15) is 5.82 Å². The highest BCUT2D eigenvalue weighted by Crippen LogP contribution is 2.06. The molecule has 2 heterocycles. The van der Waals surface area contributed by atoms with Gasteiger partial charge in [0.25, 0.3) is 5.91 Å². The molecule has 0 saturated carbocycles. The molecule has 0 unspecified atom stereocenters. The number of carbonyl (C=O) groups excluding carboxylic acids is 2. The van der Waals surface area contributed by atoms with E-state index in [4.69, 9.17) is 4.74 Å². The van der Waals surface area contributed by atoms with E-state index in [-0.39, 0.29) is 11.8 Å². The Bertz CT molecular complexity index is 501. The minimum atomic E-state index is -0.215. The maximum absolute atomic E-state index is 12.0. The number of morpholine rings is 1. The van der Waals surface area contributed by atoms with E-state index in [1.165, 1.54) is 13.1 Å². The molecule has 2 amide bonds. The molecule has 7 heteroatoms. The van der Waals surface area contributed by atoms with Gasteiger partial charge < -0.3 is 15.4 Å². The average Bonchev–Trinajstić information content (AvgIpc) is 2.48.